The first-order chi connectivity index (χ1) is 12.5. The highest BCUT2D eigenvalue weighted by molar-refractivity contribution is 5.79. The van der Waals surface area contributed by atoms with Crippen LogP contribution < -0.4 is 10.1 Å². The number of fused-ring (bicyclic) bond motifs is 1. The first-order valence-corrected chi connectivity index (χ1v) is 8.68. The van der Waals surface area contributed by atoms with Gasteiger partial charge in [-0.15, -0.1) is 0 Å². The molecule has 0 spiro atoms. The van der Waals surface area contributed by atoms with Crippen molar-refractivity contribution in [1.82, 2.24) is 5.32 Å². The number of furan rings is 1. The van der Waals surface area contributed by atoms with Crippen molar-refractivity contribution in [2.24, 2.45) is 0 Å². The van der Waals surface area contributed by atoms with E-state index in [0.29, 0.717) is 18.0 Å². The summed E-state index contributed by atoms with van der Waals surface area (Å²) in [6.45, 7) is 4.23. The minimum absolute atomic E-state index is 0.0721. The number of nitrogens with one attached hydrogen (secondary N) is 1. The number of para-hydroxylation sites is 1. The quantitative estimate of drug-likeness (QED) is 0.683. The van der Waals surface area contributed by atoms with Crippen LogP contribution in [0.4, 0.5) is 0 Å². The van der Waals surface area contributed by atoms with Gasteiger partial charge in [-0.3, -0.25) is 4.79 Å². The third-order valence-electron chi connectivity index (χ3n) is 4.19. The third kappa shape index (κ3) is 4.24. The summed E-state index contributed by atoms with van der Waals surface area (Å²) in [6.07, 6.45) is 0.239. The number of amides is 1. The van der Waals surface area contributed by atoms with Crippen molar-refractivity contribution in [3.63, 3.8) is 0 Å². The zero-order chi connectivity index (χ0) is 18.6. The van der Waals surface area contributed by atoms with Crippen molar-refractivity contribution in [3.05, 3.63) is 65.9 Å². The molecule has 26 heavy (non-hydrogen) atoms. The molecule has 0 radical (unpaired) electrons. The van der Waals surface area contributed by atoms with Gasteiger partial charge in [0.25, 0.3) is 0 Å². The van der Waals surface area contributed by atoms with Crippen LogP contribution in [0.5, 0.6) is 5.75 Å². The second-order valence-corrected chi connectivity index (χ2v) is 6.45. The van der Waals surface area contributed by atoms with E-state index in [0.717, 1.165) is 16.7 Å². The van der Waals surface area contributed by atoms with E-state index in [-0.39, 0.29) is 18.9 Å². The standard InChI is InChI=1S/C21H23NO4/c1-3-25-17-10-8-15(9-11-17)12-20(23)22-14-21(2,24)19-13-16-6-4-5-7-18(16)26-19/h4-11,13,24H,3,12,14H2,1-2H3,(H,22,23). The molecule has 1 atom stereocenters. The SMILES string of the molecule is CCOc1ccc(CC(=O)NCC(C)(O)c2cc3ccccc3o2)cc1. The van der Waals surface area contributed by atoms with Crippen LogP contribution in [-0.4, -0.2) is 24.2 Å². The Hall–Kier alpha value is -2.79. The molecule has 2 N–H and O–H groups in total. The Morgan fingerprint density at radius 3 is 2.62 bits per heavy atom. The summed E-state index contributed by atoms with van der Waals surface area (Å²) in [7, 11) is 0. The predicted octanol–water partition coefficient (Wildman–Crippen LogP) is 3.40. The van der Waals surface area contributed by atoms with Gasteiger partial charge in [-0.25, -0.2) is 0 Å². The van der Waals surface area contributed by atoms with Gasteiger partial charge in [0.05, 0.1) is 19.6 Å². The highest BCUT2D eigenvalue weighted by atomic mass is 16.5. The van der Waals surface area contributed by atoms with Gasteiger partial charge < -0.3 is 19.6 Å². The molecule has 5 heteroatoms. The van der Waals surface area contributed by atoms with Crippen LogP contribution in [0.2, 0.25) is 0 Å². The van der Waals surface area contributed by atoms with E-state index < -0.39 is 5.60 Å². The fourth-order valence-corrected chi connectivity index (χ4v) is 2.72. The molecule has 0 fully saturated rings. The van der Waals surface area contributed by atoms with Gasteiger partial charge in [0.15, 0.2) is 0 Å². The summed E-state index contributed by atoms with van der Waals surface area (Å²) in [5.41, 5.74) is 0.311. The van der Waals surface area contributed by atoms with E-state index in [1.54, 1.807) is 13.0 Å². The van der Waals surface area contributed by atoms with Gasteiger partial charge in [-0.05, 0) is 43.7 Å². The molecule has 3 aromatic rings. The molecule has 0 bridgehead atoms. The number of ether oxygens (including phenoxy) is 1. The van der Waals surface area contributed by atoms with Crippen molar-refractivity contribution in [2.45, 2.75) is 25.9 Å². The topological polar surface area (TPSA) is 71.7 Å². The number of benzene rings is 2. The zero-order valence-corrected chi connectivity index (χ0v) is 15.0. The molecule has 0 saturated heterocycles. The minimum atomic E-state index is -1.28. The Balaban J connectivity index is 1.58. The lowest BCUT2D eigenvalue weighted by molar-refractivity contribution is -0.121. The number of aliphatic hydroxyl groups is 1. The van der Waals surface area contributed by atoms with Gasteiger partial charge in [0.2, 0.25) is 5.91 Å². The molecule has 5 nitrogen and oxygen atoms in total. The fourth-order valence-electron chi connectivity index (χ4n) is 2.72. The number of hydrogen-bond acceptors (Lipinski definition) is 4. The number of carbonyl (C=O) groups excluding carboxylic acids is 1. The van der Waals surface area contributed by atoms with Gasteiger partial charge in [-0.1, -0.05) is 30.3 Å². The van der Waals surface area contributed by atoms with Crippen molar-refractivity contribution in [3.8, 4) is 5.75 Å². The molecule has 0 aliphatic heterocycles. The Morgan fingerprint density at radius 2 is 1.92 bits per heavy atom. The molecular weight excluding hydrogens is 330 g/mol. The van der Waals surface area contributed by atoms with Gasteiger partial charge in [0, 0.05) is 5.39 Å². The Bertz CT molecular complexity index is 847. The maximum absolute atomic E-state index is 12.2. The van der Waals surface area contributed by atoms with Crippen LogP contribution in [0.15, 0.2) is 59.0 Å². The first-order valence-electron chi connectivity index (χ1n) is 8.68. The Kier molecular flexibility index (Phi) is 5.28. The largest absolute Gasteiger partial charge is 0.494 e. The number of hydrogen-bond donors (Lipinski definition) is 2. The third-order valence-corrected chi connectivity index (χ3v) is 4.19. The summed E-state index contributed by atoms with van der Waals surface area (Å²) >= 11 is 0. The number of carbonyl (C=O) groups is 1. The molecule has 0 aliphatic rings. The second-order valence-electron chi connectivity index (χ2n) is 6.45. The molecular formula is C21H23NO4. The molecule has 2 aromatic carbocycles. The van der Waals surface area contributed by atoms with Gasteiger partial charge in [0.1, 0.15) is 22.7 Å². The van der Waals surface area contributed by atoms with E-state index in [1.165, 1.54) is 0 Å². The smallest absolute Gasteiger partial charge is 0.224 e. The highest BCUT2D eigenvalue weighted by Gasteiger charge is 2.28. The average Bonchev–Trinajstić information content (AvgIpc) is 3.07. The molecule has 0 saturated carbocycles. The van der Waals surface area contributed by atoms with E-state index in [4.69, 9.17) is 9.15 Å². The van der Waals surface area contributed by atoms with E-state index in [2.05, 4.69) is 5.32 Å². The predicted molar refractivity (Wildman–Crippen MR) is 100 cm³/mol. The molecule has 0 aliphatic carbocycles. The van der Waals surface area contributed by atoms with Gasteiger partial charge in [-0.2, -0.15) is 0 Å². The van der Waals surface area contributed by atoms with Crippen molar-refractivity contribution < 1.29 is 19.1 Å². The molecule has 1 aromatic heterocycles. The van der Waals surface area contributed by atoms with E-state index in [1.807, 2.05) is 55.5 Å². The highest BCUT2D eigenvalue weighted by Crippen LogP contribution is 2.27. The lowest BCUT2D eigenvalue weighted by Crippen LogP contribution is -2.39. The lowest BCUT2D eigenvalue weighted by Gasteiger charge is -2.21. The van der Waals surface area contributed by atoms with Crippen LogP contribution in [0.25, 0.3) is 11.0 Å². The van der Waals surface area contributed by atoms with Crippen molar-refractivity contribution >= 4 is 16.9 Å². The fraction of sp³-hybridized carbons (Fsp3) is 0.286. The average molecular weight is 353 g/mol. The maximum Gasteiger partial charge on any atom is 0.224 e. The van der Waals surface area contributed by atoms with Crippen LogP contribution >= 0.6 is 0 Å². The van der Waals surface area contributed by atoms with Crippen LogP contribution in [0.1, 0.15) is 25.2 Å². The van der Waals surface area contributed by atoms with Crippen LogP contribution in [0, 0.1) is 0 Å². The van der Waals surface area contributed by atoms with Crippen LogP contribution in [-0.2, 0) is 16.8 Å². The maximum atomic E-state index is 12.2. The van der Waals surface area contributed by atoms with E-state index >= 15 is 0 Å². The molecule has 1 unspecified atom stereocenters. The minimum Gasteiger partial charge on any atom is -0.494 e. The van der Waals surface area contributed by atoms with E-state index in [9.17, 15) is 9.90 Å². The molecule has 3 rings (SSSR count). The second kappa shape index (κ2) is 7.62. The Morgan fingerprint density at radius 1 is 1.19 bits per heavy atom. The first kappa shape index (κ1) is 18.0. The normalized spacial score (nSPS) is 13.3. The molecule has 1 amide bonds. The molecule has 1 heterocycles. The van der Waals surface area contributed by atoms with Crippen molar-refractivity contribution in [2.75, 3.05) is 13.2 Å². The Labute approximate surface area is 152 Å². The summed E-state index contributed by atoms with van der Waals surface area (Å²) in [5.74, 6) is 1.05. The zero-order valence-electron chi connectivity index (χ0n) is 15.0. The summed E-state index contributed by atoms with van der Waals surface area (Å²) in [6, 6.07) is 16.8. The molecule has 136 valence electrons. The van der Waals surface area contributed by atoms with Gasteiger partial charge >= 0.3 is 0 Å². The van der Waals surface area contributed by atoms with Crippen LogP contribution in [0.3, 0.4) is 0 Å². The monoisotopic (exact) mass is 353 g/mol. The summed E-state index contributed by atoms with van der Waals surface area (Å²) in [5, 5.41) is 14.4. The number of rotatable bonds is 7. The summed E-state index contributed by atoms with van der Waals surface area (Å²) in [4.78, 5) is 12.2. The van der Waals surface area contributed by atoms with Crippen molar-refractivity contribution in [1.29, 1.82) is 0 Å². The lowest BCUT2D eigenvalue weighted by atomic mass is 10.0. The summed E-state index contributed by atoms with van der Waals surface area (Å²) < 4.78 is 11.1.